The first kappa shape index (κ1) is 15.3. The van der Waals surface area contributed by atoms with Gasteiger partial charge in [0.2, 0.25) is 0 Å². The van der Waals surface area contributed by atoms with Crippen LogP contribution >= 0.6 is 0 Å². The Morgan fingerprint density at radius 2 is 1.71 bits per heavy atom. The lowest BCUT2D eigenvalue weighted by molar-refractivity contribution is -0.155. The number of fused-ring (bicyclic) bond motifs is 1. The molecule has 0 amide bonds. The summed E-state index contributed by atoms with van der Waals surface area (Å²) in [7, 11) is 0. The zero-order valence-electron chi connectivity index (χ0n) is 13.7. The number of carbonyl (C=O) groups is 1. The van der Waals surface area contributed by atoms with E-state index < -0.39 is 0 Å². The Bertz CT molecular complexity index is 369. The molecular formula is C18H31NO2. The molecule has 0 aromatic rings. The molecule has 3 aliphatic rings. The summed E-state index contributed by atoms with van der Waals surface area (Å²) in [4.78, 5) is 12.4. The molecule has 3 atom stereocenters. The monoisotopic (exact) mass is 293 g/mol. The molecule has 0 bridgehead atoms. The summed E-state index contributed by atoms with van der Waals surface area (Å²) >= 11 is 0. The topological polar surface area (TPSA) is 38.3 Å². The minimum Gasteiger partial charge on any atom is -0.461 e. The summed E-state index contributed by atoms with van der Waals surface area (Å²) < 4.78 is 5.80. The molecule has 2 aliphatic carbocycles. The van der Waals surface area contributed by atoms with Gasteiger partial charge in [-0.05, 0) is 62.7 Å². The van der Waals surface area contributed by atoms with E-state index in [1.54, 1.807) is 0 Å². The van der Waals surface area contributed by atoms with E-state index in [1.807, 2.05) is 0 Å². The lowest BCUT2D eigenvalue weighted by atomic mass is 9.76. The predicted molar refractivity (Wildman–Crippen MR) is 84.0 cm³/mol. The van der Waals surface area contributed by atoms with E-state index >= 15 is 0 Å². The molecule has 1 heterocycles. The molecule has 3 unspecified atom stereocenters. The number of hydrogen-bond acceptors (Lipinski definition) is 3. The van der Waals surface area contributed by atoms with E-state index in [0.29, 0.717) is 11.5 Å². The van der Waals surface area contributed by atoms with Gasteiger partial charge < -0.3 is 10.1 Å². The summed E-state index contributed by atoms with van der Waals surface area (Å²) in [6.45, 7) is 4.63. The van der Waals surface area contributed by atoms with Gasteiger partial charge >= 0.3 is 5.97 Å². The van der Waals surface area contributed by atoms with E-state index in [-0.39, 0.29) is 18.1 Å². The van der Waals surface area contributed by atoms with Crippen molar-refractivity contribution in [1.29, 1.82) is 0 Å². The van der Waals surface area contributed by atoms with Crippen LogP contribution in [0.3, 0.4) is 0 Å². The van der Waals surface area contributed by atoms with Gasteiger partial charge in [0.1, 0.15) is 12.1 Å². The first-order valence-corrected chi connectivity index (χ1v) is 9.00. The van der Waals surface area contributed by atoms with Gasteiger partial charge in [-0.2, -0.15) is 0 Å². The third-order valence-electron chi connectivity index (χ3n) is 6.00. The van der Waals surface area contributed by atoms with E-state index in [2.05, 4.69) is 19.2 Å². The van der Waals surface area contributed by atoms with Crippen molar-refractivity contribution in [2.24, 2.45) is 11.3 Å². The fourth-order valence-corrected chi connectivity index (χ4v) is 4.42. The average Bonchev–Trinajstić information content (AvgIpc) is 2.49. The Balaban J connectivity index is 1.47. The molecule has 0 aromatic carbocycles. The SMILES string of the molecule is CC1(C)CCC(OC(=O)C2CCC3CCCCC3N2)CC1. The van der Waals surface area contributed by atoms with E-state index in [1.165, 1.54) is 44.9 Å². The Labute approximate surface area is 129 Å². The highest BCUT2D eigenvalue weighted by Gasteiger charge is 2.36. The van der Waals surface area contributed by atoms with Crippen molar-refractivity contribution in [1.82, 2.24) is 5.32 Å². The second kappa shape index (κ2) is 6.28. The Morgan fingerprint density at radius 1 is 1.00 bits per heavy atom. The van der Waals surface area contributed by atoms with Crippen LogP contribution in [-0.2, 0) is 9.53 Å². The fraction of sp³-hybridized carbons (Fsp3) is 0.944. The molecule has 1 aliphatic heterocycles. The first-order valence-electron chi connectivity index (χ1n) is 9.00. The molecule has 0 spiro atoms. The van der Waals surface area contributed by atoms with Crippen LogP contribution in [0.2, 0.25) is 0 Å². The minimum atomic E-state index is -0.0423. The maximum Gasteiger partial charge on any atom is 0.323 e. The first-order chi connectivity index (χ1) is 10.0. The van der Waals surface area contributed by atoms with E-state index in [9.17, 15) is 4.79 Å². The van der Waals surface area contributed by atoms with Crippen LogP contribution in [-0.4, -0.2) is 24.2 Å². The summed E-state index contributed by atoms with van der Waals surface area (Å²) in [6.07, 6.45) is 12.0. The average molecular weight is 293 g/mol. The van der Waals surface area contributed by atoms with Crippen LogP contribution in [0, 0.1) is 11.3 Å². The number of ether oxygens (including phenoxy) is 1. The van der Waals surface area contributed by atoms with Crippen molar-refractivity contribution in [3.05, 3.63) is 0 Å². The maximum absolute atomic E-state index is 12.4. The molecule has 3 rings (SSSR count). The third kappa shape index (κ3) is 3.80. The summed E-state index contributed by atoms with van der Waals surface area (Å²) in [6, 6.07) is 0.523. The Morgan fingerprint density at radius 3 is 2.48 bits per heavy atom. The second-order valence-corrected chi connectivity index (χ2v) is 8.25. The van der Waals surface area contributed by atoms with Crippen LogP contribution < -0.4 is 5.32 Å². The molecule has 21 heavy (non-hydrogen) atoms. The van der Waals surface area contributed by atoms with Crippen molar-refractivity contribution in [3.63, 3.8) is 0 Å². The number of piperidine rings is 1. The van der Waals surface area contributed by atoms with Gasteiger partial charge in [-0.25, -0.2) is 0 Å². The quantitative estimate of drug-likeness (QED) is 0.787. The normalized spacial score (nSPS) is 36.8. The number of esters is 1. The highest BCUT2D eigenvalue weighted by atomic mass is 16.5. The molecule has 3 fully saturated rings. The molecule has 2 saturated carbocycles. The third-order valence-corrected chi connectivity index (χ3v) is 6.00. The second-order valence-electron chi connectivity index (χ2n) is 8.25. The van der Waals surface area contributed by atoms with Gasteiger partial charge in [0.25, 0.3) is 0 Å². The molecule has 120 valence electrons. The van der Waals surface area contributed by atoms with Crippen molar-refractivity contribution >= 4 is 5.97 Å². The fourth-order valence-electron chi connectivity index (χ4n) is 4.42. The van der Waals surface area contributed by atoms with Crippen molar-refractivity contribution in [3.8, 4) is 0 Å². The molecule has 3 nitrogen and oxygen atoms in total. The van der Waals surface area contributed by atoms with E-state index in [0.717, 1.165) is 25.2 Å². The smallest absolute Gasteiger partial charge is 0.323 e. The number of carbonyl (C=O) groups excluding carboxylic acids is 1. The molecule has 1 N–H and O–H groups in total. The van der Waals surface area contributed by atoms with Crippen LogP contribution in [0.4, 0.5) is 0 Å². The van der Waals surface area contributed by atoms with E-state index in [4.69, 9.17) is 4.74 Å². The molecular weight excluding hydrogens is 262 g/mol. The van der Waals surface area contributed by atoms with Crippen LogP contribution in [0.15, 0.2) is 0 Å². The summed E-state index contributed by atoms with van der Waals surface area (Å²) in [5.74, 6) is 0.821. The zero-order chi connectivity index (χ0) is 14.9. The molecule has 0 radical (unpaired) electrons. The summed E-state index contributed by atoms with van der Waals surface area (Å²) in [5, 5.41) is 3.59. The maximum atomic E-state index is 12.4. The number of rotatable bonds is 2. The predicted octanol–water partition coefficient (Wildman–Crippen LogP) is 3.81. The standard InChI is InChI=1S/C18H31NO2/c1-18(2)11-9-14(10-12-18)21-17(20)16-8-7-13-5-3-4-6-15(13)19-16/h13-16,19H,3-12H2,1-2H3. The molecule has 0 aromatic heterocycles. The highest BCUT2D eigenvalue weighted by molar-refractivity contribution is 5.76. The highest BCUT2D eigenvalue weighted by Crippen LogP contribution is 2.37. The van der Waals surface area contributed by atoms with Gasteiger partial charge in [-0.3, -0.25) is 4.79 Å². The van der Waals surface area contributed by atoms with Gasteiger partial charge in [0.05, 0.1) is 0 Å². The van der Waals surface area contributed by atoms with Gasteiger partial charge in [0, 0.05) is 6.04 Å². The zero-order valence-corrected chi connectivity index (χ0v) is 13.7. The Kier molecular flexibility index (Phi) is 4.58. The number of nitrogens with one attached hydrogen (secondary N) is 1. The number of hydrogen-bond donors (Lipinski definition) is 1. The van der Waals surface area contributed by atoms with Gasteiger partial charge in [-0.15, -0.1) is 0 Å². The van der Waals surface area contributed by atoms with Crippen LogP contribution in [0.5, 0.6) is 0 Å². The van der Waals surface area contributed by atoms with Crippen molar-refractivity contribution in [2.45, 2.75) is 96.2 Å². The largest absolute Gasteiger partial charge is 0.461 e. The summed E-state index contributed by atoms with van der Waals surface area (Å²) in [5.41, 5.74) is 0.432. The lowest BCUT2D eigenvalue weighted by Crippen LogP contribution is -2.53. The van der Waals surface area contributed by atoms with Crippen LogP contribution in [0.25, 0.3) is 0 Å². The van der Waals surface area contributed by atoms with Crippen molar-refractivity contribution < 1.29 is 9.53 Å². The van der Waals surface area contributed by atoms with Crippen molar-refractivity contribution in [2.75, 3.05) is 0 Å². The van der Waals surface area contributed by atoms with Gasteiger partial charge in [0.15, 0.2) is 0 Å². The minimum absolute atomic E-state index is 0.0173. The van der Waals surface area contributed by atoms with Crippen LogP contribution in [0.1, 0.15) is 78.1 Å². The molecule has 3 heteroatoms. The Hall–Kier alpha value is -0.570. The van der Waals surface area contributed by atoms with Gasteiger partial charge in [-0.1, -0.05) is 26.7 Å². The molecule has 1 saturated heterocycles. The lowest BCUT2D eigenvalue weighted by Gasteiger charge is -2.40.